The number of fused-ring (bicyclic) bond motifs is 1. The molecule has 1 aromatic heterocycles. The van der Waals surface area contributed by atoms with Crippen LogP contribution in [-0.2, 0) is 28.8 Å². The Labute approximate surface area is 288 Å². The van der Waals surface area contributed by atoms with E-state index >= 15 is 0 Å². The second-order valence-electron chi connectivity index (χ2n) is 11.4. The molecule has 0 spiro atoms. The van der Waals surface area contributed by atoms with E-state index in [1.54, 1.807) is 16.7 Å². The van der Waals surface area contributed by atoms with Gasteiger partial charge in [-0.25, -0.2) is 19.1 Å². The zero-order valence-electron chi connectivity index (χ0n) is 26.8. The fourth-order valence-corrected chi connectivity index (χ4v) is 6.61. The zero-order valence-corrected chi connectivity index (χ0v) is 28.4. The number of hydrogen-bond acceptors (Lipinski definition) is 14. The Balaban J connectivity index is 1.54. The van der Waals surface area contributed by atoms with Crippen LogP contribution < -0.4 is 33.6 Å². The molecule has 4 rings (SSSR count). The smallest absolute Gasteiger partial charge is 0.352 e. The fourth-order valence-electron chi connectivity index (χ4n) is 4.75. The summed E-state index contributed by atoms with van der Waals surface area (Å²) in [5, 5.41) is 29.1. The number of carboxylic acid groups (broad SMARTS) is 2. The van der Waals surface area contributed by atoms with Gasteiger partial charge in [-0.1, -0.05) is 11.2 Å². The molecular weight excluding hydrogens is 681 g/mol. The highest BCUT2D eigenvalue weighted by atomic mass is 32.2. The van der Waals surface area contributed by atoms with Crippen LogP contribution in [0.5, 0.6) is 0 Å². The SMILES string of the molecule is CC1=C(N)C(NC(=O)CN)=C(N)[N+](C/C=C/C2=C(C(=O)O)N3C(=O)[C@@H](NC(=O)/C(=N\OC(C)(C)C(=O)O)c4csc(N)n4)C3SC2)=CCC1. The highest BCUT2D eigenvalue weighted by Crippen LogP contribution is 2.40. The van der Waals surface area contributed by atoms with E-state index in [2.05, 4.69) is 20.8 Å². The highest BCUT2D eigenvalue weighted by Gasteiger charge is 2.54. The molecule has 0 radical (unpaired) electrons. The largest absolute Gasteiger partial charge is 0.478 e. The van der Waals surface area contributed by atoms with Crippen LogP contribution in [0.4, 0.5) is 5.13 Å². The predicted octanol–water partition coefficient (Wildman–Crippen LogP) is -1.08. The lowest BCUT2D eigenvalue weighted by Gasteiger charge is -2.49. The van der Waals surface area contributed by atoms with Gasteiger partial charge in [-0.15, -0.1) is 23.1 Å². The number of anilines is 1. The number of rotatable bonds is 12. The topological polar surface area (TPSA) is 295 Å². The molecule has 4 heterocycles. The van der Waals surface area contributed by atoms with Crippen molar-refractivity contribution in [3.8, 4) is 0 Å². The van der Waals surface area contributed by atoms with E-state index in [0.29, 0.717) is 24.1 Å². The van der Waals surface area contributed by atoms with E-state index < -0.39 is 52.4 Å². The van der Waals surface area contributed by atoms with Gasteiger partial charge in [0, 0.05) is 17.6 Å². The second-order valence-corrected chi connectivity index (χ2v) is 13.4. The molecule has 1 saturated heterocycles. The molecular formula is C29H37N10O8S2+. The number of nitrogens with two attached hydrogens (primary N) is 4. The third-order valence-corrected chi connectivity index (χ3v) is 9.56. The van der Waals surface area contributed by atoms with E-state index in [4.69, 9.17) is 27.8 Å². The van der Waals surface area contributed by atoms with E-state index in [9.17, 15) is 34.2 Å². The summed E-state index contributed by atoms with van der Waals surface area (Å²) in [5.74, 6) is -4.39. The third kappa shape index (κ3) is 7.92. The van der Waals surface area contributed by atoms with Crippen LogP contribution in [0.3, 0.4) is 0 Å². The van der Waals surface area contributed by atoms with Crippen molar-refractivity contribution in [1.29, 1.82) is 0 Å². The van der Waals surface area contributed by atoms with E-state index in [0.717, 1.165) is 21.8 Å². The molecule has 1 fully saturated rings. The van der Waals surface area contributed by atoms with Gasteiger partial charge in [-0.3, -0.25) is 25.0 Å². The van der Waals surface area contributed by atoms with Crippen LogP contribution in [0.15, 0.2) is 56.7 Å². The number of aromatic nitrogens is 1. The van der Waals surface area contributed by atoms with Crippen LogP contribution in [0, 0.1) is 0 Å². The quantitative estimate of drug-likeness (QED) is 0.0552. The highest BCUT2D eigenvalue weighted by molar-refractivity contribution is 8.00. The number of thioether (sulfide) groups is 1. The summed E-state index contributed by atoms with van der Waals surface area (Å²) >= 11 is 2.24. The predicted molar refractivity (Wildman–Crippen MR) is 180 cm³/mol. The summed E-state index contributed by atoms with van der Waals surface area (Å²) in [6, 6.07) is -1.13. The Hall–Kier alpha value is -5.21. The van der Waals surface area contributed by atoms with Crippen LogP contribution in [0.2, 0.25) is 0 Å². The molecule has 12 N–H and O–H groups in total. The first-order valence-electron chi connectivity index (χ1n) is 14.7. The Morgan fingerprint density at radius 2 is 1.96 bits per heavy atom. The Kier molecular flexibility index (Phi) is 11.1. The minimum absolute atomic E-state index is 0.00450. The standard InChI is InChI=1S/C29H36N10O8S2/c1-13-6-4-8-38(22(32)19(17(13)31)35-16(40)10-30)9-5-7-14-11-48-25-20(24(42)39(25)21(14)26(43)44)36-23(41)18(15-12-49-28(33)34-15)37-47-29(2,3)27(45)46/h5,7-8,12,20,25H,4,6,9-11,30-31H2,1-3H3,(H7-,32,33,34,35,36,37,40,41,43,44,45,46)/p+1/b7-5+,17-13?,38-8?/t20-,25?/m1/s1. The average Bonchev–Trinajstić information content (AvgIpc) is 3.48. The lowest BCUT2D eigenvalue weighted by molar-refractivity contribution is -0.465. The molecule has 0 aliphatic carbocycles. The van der Waals surface area contributed by atoms with E-state index in [-0.39, 0.29) is 46.9 Å². The first-order chi connectivity index (χ1) is 23.1. The van der Waals surface area contributed by atoms with Gasteiger partial charge in [0.2, 0.25) is 11.5 Å². The summed E-state index contributed by atoms with van der Waals surface area (Å²) in [7, 11) is 0. The molecule has 0 aromatic carbocycles. The number of nitrogens with one attached hydrogen (secondary N) is 2. The first kappa shape index (κ1) is 36.6. The zero-order chi connectivity index (χ0) is 36.2. The Bertz CT molecular complexity index is 1770. The van der Waals surface area contributed by atoms with Gasteiger partial charge in [0.25, 0.3) is 17.6 Å². The van der Waals surface area contributed by atoms with Gasteiger partial charge in [0.05, 0.1) is 18.5 Å². The van der Waals surface area contributed by atoms with Crippen molar-refractivity contribution < 1.29 is 43.6 Å². The minimum Gasteiger partial charge on any atom is -0.478 e. The van der Waals surface area contributed by atoms with Gasteiger partial charge in [0.15, 0.2) is 16.5 Å². The summed E-state index contributed by atoms with van der Waals surface area (Å²) in [5.41, 5.74) is 23.1. The number of nitrogens with zero attached hydrogens (tertiary/aromatic N) is 4. The van der Waals surface area contributed by atoms with Crippen LogP contribution in [0.1, 0.15) is 39.3 Å². The molecule has 2 atom stereocenters. The van der Waals surface area contributed by atoms with Crippen molar-refractivity contribution >= 4 is 69.8 Å². The second kappa shape index (κ2) is 14.9. The fraction of sp³-hybridized carbons (Fsp3) is 0.379. The van der Waals surface area contributed by atoms with Crippen LogP contribution >= 0.6 is 23.1 Å². The number of thiazole rings is 1. The van der Waals surface area contributed by atoms with Gasteiger partial charge in [-0.2, -0.15) is 0 Å². The number of carboxylic acids is 2. The van der Waals surface area contributed by atoms with Crippen molar-refractivity contribution in [2.75, 3.05) is 24.6 Å². The maximum Gasteiger partial charge on any atom is 0.352 e. The van der Waals surface area contributed by atoms with Crippen molar-refractivity contribution in [2.45, 2.75) is 50.6 Å². The summed E-state index contributed by atoms with van der Waals surface area (Å²) < 4.78 is 1.67. The van der Waals surface area contributed by atoms with Gasteiger partial charge < -0.3 is 42.9 Å². The molecule has 49 heavy (non-hydrogen) atoms. The monoisotopic (exact) mass is 717 g/mol. The number of aliphatic carboxylic acids is 2. The summed E-state index contributed by atoms with van der Waals surface area (Å²) in [6.45, 7) is 4.21. The van der Waals surface area contributed by atoms with Crippen molar-refractivity contribution in [3.05, 3.63) is 57.3 Å². The number of amides is 3. The van der Waals surface area contributed by atoms with Gasteiger partial charge in [0.1, 0.15) is 29.4 Å². The molecule has 3 aliphatic rings. The van der Waals surface area contributed by atoms with Crippen molar-refractivity contribution in [3.63, 3.8) is 0 Å². The number of oxime groups is 1. The number of hydrogen-bond donors (Lipinski definition) is 8. The number of allylic oxidation sites excluding steroid dienone is 2. The maximum absolute atomic E-state index is 13.3. The molecule has 262 valence electrons. The molecule has 1 aromatic rings. The molecule has 20 heteroatoms. The molecule has 0 bridgehead atoms. The number of carbonyl (C=O) groups excluding carboxylic acids is 3. The molecule has 3 amide bonds. The van der Waals surface area contributed by atoms with Gasteiger partial charge in [-0.05, 0) is 44.4 Å². The molecule has 0 saturated carbocycles. The number of carbonyl (C=O) groups is 5. The number of nitrogen functional groups attached to an aromatic ring is 1. The lowest BCUT2D eigenvalue weighted by Crippen LogP contribution is -2.71. The number of β-lactam (4-membered cyclic amide) rings is 1. The average molecular weight is 718 g/mol. The maximum atomic E-state index is 13.3. The lowest BCUT2D eigenvalue weighted by atomic mass is 10.0. The molecule has 3 aliphatic heterocycles. The Morgan fingerprint density at radius 1 is 1.24 bits per heavy atom. The first-order valence-corrected chi connectivity index (χ1v) is 16.6. The Morgan fingerprint density at radius 3 is 2.57 bits per heavy atom. The third-order valence-electron chi connectivity index (χ3n) is 7.58. The van der Waals surface area contributed by atoms with E-state index in [1.807, 2.05) is 13.1 Å². The summed E-state index contributed by atoms with van der Waals surface area (Å²) in [4.78, 5) is 72.8. The van der Waals surface area contributed by atoms with Crippen molar-refractivity contribution in [2.24, 2.45) is 22.4 Å². The van der Waals surface area contributed by atoms with Crippen LogP contribution in [0.25, 0.3) is 0 Å². The van der Waals surface area contributed by atoms with E-state index in [1.165, 1.54) is 31.0 Å². The molecule has 1 unspecified atom stereocenters. The van der Waals surface area contributed by atoms with Crippen molar-refractivity contribution in [1.82, 2.24) is 20.5 Å². The normalized spacial score (nSPS) is 20.3. The minimum atomic E-state index is -1.79. The van der Waals surface area contributed by atoms with Gasteiger partial charge >= 0.3 is 11.9 Å². The van der Waals surface area contributed by atoms with Crippen LogP contribution in [-0.4, -0.2) is 102 Å². The summed E-state index contributed by atoms with van der Waals surface area (Å²) in [6.07, 6.45) is 6.29. The molecule has 18 nitrogen and oxygen atoms in total.